The summed E-state index contributed by atoms with van der Waals surface area (Å²) in [5.74, 6) is 0.900. The Morgan fingerprint density at radius 1 is 1.16 bits per heavy atom. The maximum absolute atomic E-state index is 9.61. The van der Waals surface area contributed by atoms with E-state index in [-0.39, 0.29) is 12.1 Å². The zero-order valence-electron chi connectivity index (χ0n) is 11.3. The molecule has 19 heavy (non-hydrogen) atoms. The molecule has 0 amide bonds. The molecular formula is C16H21NO2. The van der Waals surface area contributed by atoms with Crippen molar-refractivity contribution < 1.29 is 9.52 Å². The molecule has 2 N–H and O–H groups in total. The number of hydrogen-bond donors (Lipinski definition) is 2. The maximum atomic E-state index is 9.61. The predicted molar refractivity (Wildman–Crippen MR) is 75.9 cm³/mol. The lowest BCUT2D eigenvalue weighted by molar-refractivity contribution is 0.158. The smallest absolute Gasteiger partial charge is 0.125 e. The van der Waals surface area contributed by atoms with Crippen LogP contribution in [0.2, 0.25) is 0 Å². The molecule has 0 saturated heterocycles. The highest BCUT2D eigenvalue weighted by Gasteiger charge is 2.16. The summed E-state index contributed by atoms with van der Waals surface area (Å²) in [7, 11) is 0. The second-order valence-corrected chi connectivity index (χ2v) is 4.66. The van der Waals surface area contributed by atoms with Crippen molar-refractivity contribution in [3.05, 3.63) is 60.1 Å². The van der Waals surface area contributed by atoms with Gasteiger partial charge in [0.05, 0.1) is 18.4 Å². The zero-order valence-corrected chi connectivity index (χ0v) is 11.3. The average molecular weight is 259 g/mol. The molecule has 0 saturated carbocycles. The molecule has 102 valence electrons. The van der Waals surface area contributed by atoms with Gasteiger partial charge in [0.15, 0.2) is 0 Å². The summed E-state index contributed by atoms with van der Waals surface area (Å²) in [5.41, 5.74) is 1.17. The van der Waals surface area contributed by atoms with Crippen molar-refractivity contribution in [2.45, 2.75) is 31.9 Å². The first-order valence-electron chi connectivity index (χ1n) is 6.81. The highest BCUT2D eigenvalue weighted by atomic mass is 16.3. The van der Waals surface area contributed by atoms with Crippen LogP contribution < -0.4 is 5.32 Å². The van der Waals surface area contributed by atoms with Crippen molar-refractivity contribution in [1.82, 2.24) is 5.32 Å². The Balaban J connectivity index is 2.04. The van der Waals surface area contributed by atoms with Gasteiger partial charge in [0, 0.05) is 0 Å². The normalized spacial score (nSPS) is 14.2. The molecule has 1 aromatic heterocycles. The van der Waals surface area contributed by atoms with Crippen LogP contribution in [0.4, 0.5) is 0 Å². The molecule has 0 radical (unpaired) electrons. The van der Waals surface area contributed by atoms with Gasteiger partial charge in [0.2, 0.25) is 0 Å². The van der Waals surface area contributed by atoms with Gasteiger partial charge >= 0.3 is 0 Å². The van der Waals surface area contributed by atoms with Crippen LogP contribution in [0.1, 0.15) is 37.1 Å². The molecule has 1 heterocycles. The number of aliphatic hydroxyl groups is 1. The van der Waals surface area contributed by atoms with Crippen molar-refractivity contribution >= 4 is 0 Å². The first kappa shape index (κ1) is 13.8. The van der Waals surface area contributed by atoms with Crippen LogP contribution in [0.25, 0.3) is 0 Å². The van der Waals surface area contributed by atoms with Crippen LogP contribution in [-0.4, -0.2) is 17.8 Å². The van der Waals surface area contributed by atoms with E-state index in [4.69, 9.17) is 4.42 Å². The van der Waals surface area contributed by atoms with E-state index in [1.54, 1.807) is 6.26 Å². The van der Waals surface area contributed by atoms with Crippen molar-refractivity contribution in [3.8, 4) is 0 Å². The number of rotatable bonds is 7. The topological polar surface area (TPSA) is 45.4 Å². The molecule has 2 unspecified atom stereocenters. The largest absolute Gasteiger partial charge is 0.467 e. The van der Waals surface area contributed by atoms with Crippen molar-refractivity contribution in [2.24, 2.45) is 0 Å². The van der Waals surface area contributed by atoms with E-state index in [1.165, 1.54) is 5.56 Å². The van der Waals surface area contributed by atoms with E-state index in [1.807, 2.05) is 37.3 Å². The third-order valence-electron chi connectivity index (χ3n) is 3.26. The molecule has 2 atom stereocenters. The highest BCUT2D eigenvalue weighted by molar-refractivity contribution is 5.26. The Morgan fingerprint density at radius 2 is 1.95 bits per heavy atom. The standard InChI is InChI=1S/C16H21NO2/c1-2-14(18)10-11-17-16(15-9-6-12-19-15)13-7-4-3-5-8-13/h3-9,12,14,16-18H,2,10-11H2,1H3. The van der Waals surface area contributed by atoms with Crippen molar-refractivity contribution in [1.29, 1.82) is 0 Å². The predicted octanol–water partition coefficient (Wildman–Crippen LogP) is 3.12. The molecule has 0 aliphatic rings. The summed E-state index contributed by atoms with van der Waals surface area (Å²) in [4.78, 5) is 0. The van der Waals surface area contributed by atoms with Gasteiger partial charge < -0.3 is 14.8 Å². The summed E-state index contributed by atoms with van der Waals surface area (Å²) < 4.78 is 5.51. The summed E-state index contributed by atoms with van der Waals surface area (Å²) in [6.07, 6.45) is 2.99. The molecule has 3 nitrogen and oxygen atoms in total. The van der Waals surface area contributed by atoms with E-state index < -0.39 is 0 Å². The van der Waals surface area contributed by atoms with Crippen molar-refractivity contribution in [2.75, 3.05) is 6.54 Å². The van der Waals surface area contributed by atoms with Crippen molar-refractivity contribution in [3.63, 3.8) is 0 Å². The summed E-state index contributed by atoms with van der Waals surface area (Å²) in [6, 6.07) is 14.1. The third kappa shape index (κ3) is 3.94. The van der Waals surface area contributed by atoms with E-state index in [9.17, 15) is 5.11 Å². The van der Waals surface area contributed by atoms with E-state index in [0.717, 1.165) is 25.1 Å². The first-order chi connectivity index (χ1) is 9.31. The van der Waals surface area contributed by atoms with Gasteiger partial charge in [-0.2, -0.15) is 0 Å². The first-order valence-corrected chi connectivity index (χ1v) is 6.81. The molecule has 2 rings (SSSR count). The zero-order chi connectivity index (χ0) is 13.5. The minimum absolute atomic E-state index is 0.0419. The Morgan fingerprint density at radius 3 is 2.58 bits per heavy atom. The Kier molecular flexibility index (Phi) is 5.19. The number of nitrogens with one attached hydrogen (secondary N) is 1. The van der Waals surface area contributed by atoms with Gasteiger partial charge in [-0.1, -0.05) is 37.3 Å². The van der Waals surface area contributed by atoms with Crippen LogP contribution in [0.15, 0.2) is 53.1 Å². The van der Waals surface area contributed by atoms with Crippen LogP contribution in [0, 0.1) is 0 Å². The van der Waals surface area contributed by atoms with Gasteiger partial charge in [-0.05, 0) is 37.1 Å². The third-order valence-corrected chi connectivity index (χ3v) is 3.26. The fourth-order valence-corrected chi connectivity index (χ4v) is 2.08. The fourth-order valence-electron chi connectivity index (χ4n) is 2.08. The summed E-state index contributed by atoms with van der Waals surface area (Å²) in [5, 5.41) is 13.1. The molecule has 0 aliphatic heterocycles. The fraction of sp³-hybridized carbons (Fsp3) is 0.375. The maximum Gasteiger partial charge on any atom is 0.125 e. The van der Waals surface area contributed by atoms with Gasteiger partial charge in [-0.15, -0.1) is 0 Å². The molecule has 0 bridgehead atoms. The molecule has 0 aliphatic carbocycles. The molecule has 0 fully saturated rings. The lowest BCUT2D eigenvalue weighted by atomic mass is 10.0. The van der Waals surface area contributed by atoms with Gasteiger partial charge in [0.25, 0.3) is 0 Å². The minimum atomic E-state index is -0.236. The molecular weight excluding hydrogens is 238 g/mol. The van der Waals surface area contributed by atoms with Crippen LogP contribution in [0.5, 0.6) is 0 Å². The second-order valence-electron chi connectivity index (χ2n) is 4.66. The average Bonchev–Trinajstić information content (AvgIpc) is 2.98. The van der Waals surface area contributed by atoms with Crippen LogP contribution in [-0.2, 0) is 0 Å². The monoisotopic (exact) mass is 259 g/mol. The van der Waals surface area contributed by atoms with Gasteiger partial charge in [-0.3, -0.25) is 0 Å². The molecule has 0 spiro atoms. The second kappa shape index (κ2) is 7.12. The summed E-state index contributed by atoms with van der Waals surface area (Å²) >= 11 is 0. The van der Waals surface area contributed by atoms with E-state index in [0.29, 0.717) is 0 Å². The Hall–Kier alpha value is -1.58. The van der Waals surface area contributed by atoms with Gasteiger partial charge in [-0.25, -0.2) is 0 Å². The lowest BCUT2D eigenvalue weighted by Crippen LogP contribution is -2.25. The van der Waals surface area contributed by atoms with E-state index >= 15 is 0 Å². The number of benzene rings is 1. The van der Waals surface area contributed by atoms with Crippen LogP contribution in [0.3, 0.4) is 0 Å². The molecule has 1 aromatic carbocycles. The Bertz CT molecular complexity index is 453. The molecule has 3 heteroatoms. The SMILES string of the molecule is CCC(O)CCNC(c1ccccc1)c1ccco1. The van der Waals surface area contributed by atoms with Gasteiger partial charge in [0.1, 0.15) is 5.76 Å². The number of hydrogen-bond acceptors (Lipinski definition) is 3. The number of aliphatic hydroxyl groups excluding tert-OH is 1. The highest BCUT2D eigenvalue weighted by Crippen LogP contribution is 2.22. The quantitative estimate of drug-likeness (QED) is 0.803. The number of furan rings is 1. The Labute approximate surface area is 114 Å². The molecule has 2 aromatic rings. The van der Waals surface area contributed by atoms with Crippen LogP contribution >= 0.6 is 0 Å². The summed E-state index contributed by atoms with van der Waals surface area (Å²) in [6.45, 7) is 2.75. The lowest BCUT2D eigenvalue weighted by Gasteiger charge is -2.18. The minimum Gasteiger partial charge on any atom is -0.467 e. The van der Waals surface area contributed by atoms with E-state index in [2.05, 4.69) is 17.4 Å².